The van der Waals surface area contributed by atoms with Crippen LogP contribution >= 0.6 is 11.3 Å². The number of thiazole rings is 1. The summed E-state index contributed by atoms with van der Waals surface area (Å²) in [5, 5.41) is 9.83. The van der Waals surface area contributed by atoms with E-state index in [1.54, 1.807) is 12.1 Å². The molecule has 0 unspecified atom stereocenters. The zero-order chi connectivity index (χ0) is 22.4. The molecule has 0 radical (unpaired) electrons. The Bertz CT molecular complexity index is 1610. The van der Waals surface area contributed by atoms with Crippen LogP contribution in [0.3, 0.4) is 0 Å². The predicted molar refractivity (Wildman–Crippen MR) is 120 cm³/mol. The molecule has 0 aliphatic heterocycles. The van der Waals surface area contributed by atoms with Crippen LogP contribution in [0, 0.1) is 11.3 Å². The highest BCUT2D eigenvalue weighted by Gasteiger charge is 2.22. The maximum atomic E-state index is 13.3. The molecule has 0 fully saturated rings. The summed E-state index contributed by atoms with van der Waals surface area (Å²) < 4.78 is 17.5. The third-order valence-corrected chi connectivity index (χ3v) is 5.95. The standard InChI is InChI=1S/C22H15N5O4S/c1-29-15-8-11(9-16(30-2)18(15)31-3)17-12(10-23)21(28)27-19-20(32-22(27)26-17)25-14-7-5-4-6-13(14)24-19/h4-9H,1-3H3. The number of rotatable bonds is 4. The summed E-state index contributed by atoms with van der Waals surface area (Å²) in [7, 11) is 4.48. The summed E-state index contributed by atoms with van der Waals surface area (Å²) >= 11 is 1.23. The highest BCUT2D eigenvalue weighted by molar-refractivity contribution is 7.23. The lowest BCUT2D eigenvalue weighted by Gasteiger charge is -2.14. The lowest BCUT2D eigenvalue weighted by molar-refractivity contribution is 0.324. The molecule has 0 spiro atoms. The van der Waals surface area contributed by atoms with Crippen molar-refractivity contribution in [3.05, 3.63) is 52.3 Å². The van der Waals surface area contributed by atoms with Gasteiger partial charge in [0.25, 0.3) is 5.56 Å². The van der Waals surface area contributed by atoms with E-state index in [0.717, 1.165) is 0 Å². The van der Waals surface area contributed by atoms with Crippen LogP contribution in [-0.2, 0) is 0 Å². The van der Waals surface area contributed by atoms with Crippen LogP contribution in [0.5, 0.6) is 17.2 Å². The van der Waals surface area contributed by atoms with Gasteiger partial charge >= 0.3 is 0 Å². The van der Waals surface area contributed by atoms with Crippen LogP contribution in [0.15, 0.2) is 41.2 Å². The number of methoxy groups -OCH3 is 3. The van der Waals surface area contributed by atoms with Crippen molar-refractivity contribution in [2.75, 3.05) is 21.3 Å². The van der Waals surface area contributed by atoms with E-state index in [-0.39, 0.29) is 11.3 Å². The van der Waals surface area contributed by atoms with E-state index in [9.17, 15) is 10.1 Å². The lowest BCUT2D eigenvalue weighted by Crippen LogP contribution is -2.18. The maximum absolute atomic E-state index is 13.3. The van der Waals surface area contributed by atoms with Gasteiger partial charge in [0.15, 0.2) is 22.0 Å². The fourth-order valence-electron chi connectivity index (χ4n) is 3.56. The predicted octanol–water partition coefficient (Wildman–Crippen LogP) is 3.42. The fraction of sp³-hybridized carbons (Fsp3) is 0.136. The molecule has 0 atom stereocenters. The SMILES string of the molecule is COc1cc(-c2nc3sc4nc5ccccc5nc4n3c(=O)c2C#N)cc(OC)c1OC. The molecule has 0 aliphatic carbocycles. The number of para-hydroxylation sites is 2. The zero-order valence-corrected chi connectivity index (χ0v) is 18.1. The number of hydrogen-bond donors (Lipinski definition) is 0. The Balaban J connectivity index is 1.85. The number of nitrogens with zero attached hydrogens (tertiary/aromatic N) is 5. The van der Waals surface area contributed by atoms with Gasteiger partial charge < -0.3 is 14.2 Å². The summed E-state index contributed by atoms with van der Waals surface area (Å²) in [6.07, 6.45) is 0. The summed E-state index contributed by atoms with van der Waals surface area (Å²) in [6.45, 7) is 0. The number of fused-ring (bicyclic) bond motifs is 4. The molecule has 0 saturated heterocycles. The van der Waals surface area contributed by atoms with E-state index in [0.29, 0.717) is 49.3 Å². The van der Waals surface area contributed by atoms with Gasteiger partial charge in [0.2, 0.25) is 10.7 Å². The Labute approximate surface area is 185 Å². The molecule has 32 heavy (non-hydrogen) atoms. The van der Waals surface area contributed by atoms with Crippen LogP contribution in [-0.4, -0.2) is 40.7 Å². The average Bonchev–Trinajstić information content (AvgIpc) is 3.18. The van der Waals surface area contributed by atoms with E-state index in [4.69, 9.17) is 14.2 Å². The number of ether oxygens (including phenoxy) is 3. The Kier molecular flexibility index (Phi) is 4.61. The van der Waals surface area contributed by atoms with E-state index in [1.807, 2.05) is 30.3 Å². The molecule has 158 valence electrons. The van der Waals surface area contributed by atoms with Crippen molar-refractivity contribution in [3.63, 3.8) is 0 Å². The molecule has 0 N–H and O–H groups in total. The zero-order valence-electron chi connectivity index (χ0n) is 17.2. The quantitative estimate of drug-likeness (QED) is 0.414. The minimum atomic E-state index is -0.517. The molecule has 3 heterocycles. The number of aromatic nitrogens is 4. The first-order valence-electron chi connectivity index (χ1n) is 9.42. The highest BCUT2D eigenvalue weighted by Crippen LogP contribution is 2.41. The molecule has 2 aromatic carbocycles. The van der Waals surface area contributed by atoms with E-state index >= 15 is 0 Å². The van der Waals surface area contributed by atoms with Gasteiger partial charge in [0, 0.05) is 5.56 Å². The molecule has 5 rings (SSSR count). The van der Waals surface area contributed by atoms with Crippen LogP contribution < -0.4 is 19.8 Å². The molecule has 0 saturated carbocycles. The van der Waals surface area contributed by atoms with Crippen molar-refractivity contribution in [3.8, 4) is 34.6 Å². The highest BCUT2D eigenvalue weighted by atomic mass is 32.1. The Morgan fingerprint density at radius 2 is 1.62 bits per heavy atom. The van der Waals surface area contributed by atoms with Gasteiger partial charge in [-0.2, -0.15) is 5.26 Å². The normalized spacial score (nSPS) is 11.1. The minimum absolute atomic E-state index is 0.119. The smallest absolute Gasteiger partial charge is 0.278 e. The van der Waals surface area contributed by atoms with Gasteiger partial charge in [-0.25, -0.2) is 19.4 Å². The molecule has 0 bridgehead atoms. The molecular formula is C22H15N5O4S. The van der Waals surface area contributed by atoms with Crippen molar-refractivity contribution in [1.82, 2.24) is 19.4 Å². The minimum Gasteiger partial charge on any atom is -0.493 e. The van der Waals surface area contributed by atoms with E-state index < -0.39 is 5.56 Å². The van der Waals surface area contributed by atoms with Gasteiger partial charge in [0.05, 0.1) is 38.1 Å². The molecule has 0 amide bonds. The second-order valence-electron chi connectivity index (χ2n) is 6.73. The number of nitriles is 1. The topological polar surface area (TPSA) is 112 Å². The van der Waals surface area contributed by atoms with Crippen LogP contribution in [0.2, 0.25) is 0 Å². The first-order chi connectivity index (χ1) is 15.6. The first-order valence-corrected chi connectivity index (χ1v) is 10.2. The summed E-state index contributed by atoms with van der Waals surface area (Å²) in [4.78, 5) is 28.1. The first kappa shape index (κ1) is 19.7. The molecule has 10 heteroatoms. The fourth-order valence-corrected chi connectivity index (χ4v) is 4.50. The van der Waals surface area contributed by atoms with Crippen molar-refractivity contribution in [2.24, 2.45) is 0 Å². The monoisotopic (exact) mass is 445 g/mol. The van der Waals surface area contributed by atoms with Gasteiger partial charge in [-0.05, 0) is 24.3 Å². The van der Waals surface area contributed by atoms with E-state index in [1.165, 1.54) is 37.1 Å². The van der Waals surface area contributed by atoms with Gasteiger partial charge in [-0.1, -0.05) is 23.5 Å². The van der Waals surface area contributed by atoms with Crippen molar-refractivity contribution < 1.29 is 14.2 Å². The largest absolute Gasteiger partial charge is 0.493 e. The third kappa shape index (κ3) is 2.83. The Hall–Kier alpha value is -4.23. The number of hydrogen-bond acceptors (Lipinski definition) is 9. The van der Waals surface area contributed by atoms with Crippen LogP contribution in [0.4, 0.5) is 0 Å². The molecule has 3 aromatic heterocycles. The van der Waals surface area contributed by atoms with Crippen LogP contribution in [0.1, 0.15) is 5.56 Å². The average molecular weight is 445 g/mol. The summed E-state index contributed by atoms with van der Waals surface area (Å²) in [6, 6.07) is 12.7. The third-order valence-electron chi connectivity index (χ3n) is 5.02. The van der Waals surface area contributed by atoms with Gasteiger partial charge in [-0.3, -0.25) is 4.79 Å². The van der Waals surface area contributed by atoms with Gasteiger partial charge in [-0.15, -0.1) is 0 Å². The molecular weight excluding hydrogens is 430 g/mol. The Morgan fingerprint density at radius 1 is 0.969 bits per heavy atom. The lowest BCUT2D eigenvalue weighted by atomic mass is 10.1. The molecule has 5 aromatic rings. The van der Waals surface area contributed by atoms with Crippen molar-refractivity contribution >= 4 is 37.8 Å². The summed E-state index contributed by atoms with van der Waals surface area (Å²) in [5.41, 5.74) is 1.80. The Morgan fingerprint density at radius 3 is 2.22 bits per heavy atom. The maximum Gasteiger partial charge on any atom is 0.278 e. The van der Waals surface area contributed by atoms with Crippen molar-refractivity contribution in [2.45, 2.75) is 0 Å². The second kappa shape index (κ2) is 7.47. The van der Waals surface area contributed by atoms with Gasteiger partial charge in [0.1, 0.15) is 11.6 Å². The summed E-state index contributed by atoms with van der Waals surface area (Å²) in [5.74, 6) is 1.18. The molecule has 9 nitrogen and oxygen atoms in total. The van der Waals surface area contributed by atoms with Crippen LogP contribution in [0.25, 0.3) is 37.7 Å². The molecule has 0 aliphatic rings. The van der Waals surface area contributed by atoms with Crippen molar-refractivity contribution in [1.29, 1.82) is 5.26 Å². The van der Waals surface area contributed by atoms with E-state index in [2.05, 4.69) is 15.0 Å². The second-order valence-corrected chi connectivity index (χ2v) is 7.68. The number of benzene rings is 2.